The van der Waals surface area contributed by atoms with Gasteiger partial charge in [0.15, 0.2) is 5.82 Å². The monoisotopic (exact) mass is 372 g/mol. The minimum atomic E-state index is -0.942. The minimum Gasteiger partial charge on any atom is -0.478 e. The average Bonchev–Trinajstić information content (AvgIpc) is 3.00. The van der Waals surface area contributed by atoms with Gasteiger partial charge in [-0.05, 0) is 36.5 Å². The molecule has 0 saturated carbocycles. The summed E-state index contributed by atoms with van der Waals surface area (Å²) in [6, 6.07) is 6.78. The molecule has 1 aromatic carbocycles. The Bertz CT molecular complexity index is 766. The molecule has 0 radical (unpaired) electrons. The predicted molar refractivity (Wildman–Crippen MR) is 102 cm³/mol. The smallest absolute Gasteiger partial charge is 0.335 e. The summed E-state index contributed by atoms with van der Waals surface area (Å²) < 4.78 is 2.00. The minimum absolute atomic E-state index is 0.0149. The van der Waals surface area contributed by atoms with Crippen LogP contribution >= 0.6 is 0 Å². The van der Waals surface area contributed by atoms with E-state index in [0.717, 1.165) is 30.7 Å². The van der Waals surface area contributed by atoms with Gasteiger partial charge in [0.05, 0.1) is 18.7 Å². The highest BCUT2D eigenvalue weighted by Crippen LogP contribution is 2.12. The molecule has 0 aliphatic carbocycles. The van der Waals surface area contributed by atoms with Gasteiger partial charge in [-0.15, -0.1) is 10.2 Å². The van der Waals surface area contributed by atoms with Gasteiger partial charge in [0.25, 0.3) is 0 Å². The van der Waals surface area contributed by atoms with Gasteiger partial charge in [-0.3, -0.25) is 4.79 Å². The van der Waals surface area contributed by atoms with Crippen LogP contribution < -0.4 is 5.32 Å². The second kappa shape index (κ2) is 9.85. The number of carboxylic acid groups (broad SMARTS) is 1. The lowest BCUT2D eigenvalue weighted by atomic mass is 10.1. The molecule has 0 aliphatic heterocycles. The molecule has 7 heteroatoms. The molecule has 27 heavy (non-hydrogen) atoms. The molecule has 0 fully saturated rings. The second-order valence-corrected chi connectivity index (χ2v) is 7.08. The van der Waals surface area contributed by atoms with Gasteiger partial charge in [0.1, 0.15) is 5.82 Å². The van der Waals surface area contributed by atoms with Gasteiger partial charge in [-0.1, -0.05) is 32.9 Å². The number of carbonyl (C=O) groups excluding carboxylic acids is 1. The molecule has 0 bridgehead atoms. The molecule has 0 aliphatic rings. The number of hydrogen-bond donors (Lipinski definition) is 2. The molecule has 2 N–H and O–H groups in total. The molecule has 0 spiro atoms. The molecule has 1 aromatic heterocycles. The summed E-state index contributed by atoms with van der Waals surface area (Å²) in [5.74, 6) is 1.14. The molecule has 1 amide bonds. The standard InChI is InChI=1S/C20H28N4O3/c1-4-5-17-22-23-18(12-21-19(25)11-6-14(2)3)24(17)13-15-7-9-16(10-8-15)20(26)27/h7-10,14H,4-6,11-13H2,1-3H3,(H,21,25)(H,26,27). The second-order valence-electron chi connectivity index (χ2n) is 7.08. The summed E-state index contributed by atoms with van der Waals surface area (Å²) in [6.07, 6.45) is 3.10. The number of nitrogens with one attached hydrogen (secondary N) is 1. The third-order valence-corrected chi connectivity index (χ3v) is 4.31. The van der Waals surface area contributed by atoms with Crippen molar-refractivity contribution < 1.29 is 14.7 Å². The Kier molecular flexibility index (Phi) is 7.52. The fourth-order valence-electron chi connectivity index (χ4n) is 2.72. The number of hydrogen-bond acceptors (Lipinski definition) is 4. The zero-order chi connectivity index (χ0) is 19.8. The van der Waals surface area contributed by atoms with Crippen LogP contribution in [0.1, 0.15) is 67.6 Å². The van der Waals surface area contributed by atoms with Crippen molar-refractivity contribution in [3.05, 3.63) is 47.0 Å². The van der Waals surface area contributed by atoms with Crippen LogP contribution in [0.25, 0.3) is 0 Å². The number of aromatic carboxylic acids is 1. The lowest BCUT2D eigenvalue weighted by molar-refractivity contribution is -0.121. The van der Waals surface area contributed by atoms with Crippen LogP contribution in [0.4, 0.5) is 0 Å². The normalized spacial score (nSPS) is 11.0. The topological polar surface area (TPSA) is 97.1 Å². The largest absolute Gasteiger partial charge is 0.478 e. The third kappa shape index (κ3) is 6.20. The van der Waals surface area contributed by atoms with Gasteiger partial charge in [-0.25, -0.2) is 4.79 Å². The van der Waals surface area contributed by atoms with Crippen molar-refractivity contribution in [1.29, 1.82) is 0 Å². The Hall–Kier alpha value is -2.70. The van der Waals surface area contributed by atoms with E-state index in [4.69, 9.17) is 5.11 Å². The van der Waals surface area contributed by atoms with Gasteiger partial charge < -0.3 is 15.0 Å². The quantitative estimate of drug-likeness (QED) is 0.668. The lowest BCUT2D eigenvalue weighted by Gasteiger charge is -2.12. The maximum absolute atomic E-state index is 12.0. The van der Waals surface area contributed by atoms with Crippen molar-refractivity contribution in [3.63, 3.8) is 0 Å². The SMILES string of the molecule is CCCc1nnc(CNC(=O)CCC(C)C)n1Cc1ccc(C(=O)O)cc1. The Morgan fingerprint density at radius 1 is 1.15 bits per heavy atom. The molecule has 0 unspecified atom stereocenters. The molecule has 1 heterocycles. The Labute approximate surface area is 159 Å². The van der Waals surface area contributed by atoms with Gasteiger partial charge in [0, 0.05) is 12.8 Å². The van der Waals surface area contributed by atoms with Crippen molar-refractivity contribution in [2.75, 3.05) is 0 Å². The third-order valence-electron chi connectivity index (χ3n) is 4.31. The molecule has 7 nitrogen and oxygen atoms in total. The van der Waals surface area contributed by atoms with E-state index in [0.29, 0.717) is 31.3 Å². The van der Waals surface area contributed by atoms with Crippen LogP contribution in [0, 0.1) is 5.92 Å². The molecule has 0 atom stereocenters. The number of nitrogens with zero attached hydrogens (tertiary/aromatic N) is 3. The van der Waals surface area contributed by atoms with Crippen LogP contribution in [0.3, 0.4) is 0 Å². The molecular weight excluding hydrogens is 344 g/mol. The first-order valence-electron chi connectivity index (χ1n) is 9.40. The Balaban J connectivity index is 2.10. The van der Waals surface area contributed by atoms with Crippen LogP contribution in [0.5, 0.6) is 0 Å². The summed E-state index contributed by atoms with van der Waals surface area (Å²) in [4.78, 5) is 23.0. The van der Waals surface area contributed by atoms with Crippen molar-refractivity contribution in [1.82, 2.24) is 20.1 Å². The number of carboxylic acids is 1. The first-order valence-corrected chi connectivity index (χ1v) is 9.40. The predicted octanol–water partition coefficient (Wildman–Crippen LogP) is 3.03. The maximum atomic E-state index is 12.0. The maximum Gasteiger partial charge on any atom is 0.335 e. The Morgan fingerprint density at radius 3 is 2.41 bits per heavy atom. The number of rotatable bonds is 10. The molecule has 146 valence electrons. The van der Waals surface area contributed by atoms with Crippen LogP contribution in [-0.4, -0.2) is 31.7 Å². The zero-order valence-electron chi connectivity index (χ0n) is 16.2. The molecule has 0 saturated heterocycles. The molecule has 2 rings (SSSR count). The van der Waals surface area contributed by atoms with E-state index in [2.05, 4.69) is 36.3 Å². The summed E-state index contributed by atoms with van der Waals surface area (Å²) in [7, 11) is 0. The van der Waals surface area contributed by atoms with Crippen molar-refractivity contribution >= 4 is 11.9 Å². The Morgan fingerprint density at radius 2 is 1.81 bits per heavy atom. The van der Waals surface area contributed by atoms with Gasteiger partial charge in [-0.2, -0.15) is 0 Å². The highest BCUT2D eigenvalue weighted by Gasteiger charge is 2.13. The van der Waals surface area contributed by atoms with E-state index in [1.807, 2.05) is 4.57 Å². The summed E-state index contributed by atoms with van der Waals surface area (Å²) in [5, 5.41) is 20.5. The number of benzene rings is 1. The van der Waals surface area contributed by atoms with Crippen molar-refractivity contribution in [2.45, 2.75) is 59.5 Å². The van der Waals surface area contributed by atoms with Gasteiger partial charge in [0.2, 0.25) is 5.91 Å². The average molecular weight is 372 g/mol. The summed E-state index contributed by atoms with van der Waals surface area (Å²) in [6.45, 7) is 7.14. The van der Waals surface area contributed by atoms with Crippen molar-refractivity contribution in [3.8, 4) is 0 Å². The van der Waals surface area contributed by atoms with E-state index >= 15 is 0 Å². The molecule has 2 aromatic rings. The fraction of sp³-hybridized carbons (Fsp3) is 0.500. The lowest BCUT2D eigenvalue weighted by Crippen LogP contribution is -2.25. The van der Waals surface area contributed by atoms with E-state index in [1.165, 1.54) is 0 Å². The summed E-state index contributed by atoms with van der Waals surface area (Å²) >= 11 is 0. The highest BCUT2D eigenvalue weighted by molar-refractivity contribution is 5.87. The molecular formula is C20H28N4O3. The van der Waals surface area contributed by atoms with E-state index in [-0.39, 0.29) is 11.5 Å². The first kappa shape index (κ1) is 20.6. The van der Waals surface area contributed by atoms with Crippen LogP contribution in [-0.2, 0) is 24.3 Å². The van der Waals surface area contributed by atoms with E-state index in [1.54, 1.807) is 24.3 Å². The summed E-state index contributed by atoms with van der Waals surface area (Å²) in [5.41, 5.74) is 1.22. The number of carbonyl (C=O) groups is 2. The van der Waals surface area contributed by atoms with Crippen LogP contribution in [0.15, 0.2) is 24.3 Å². The number of amides is 1. The number of aromatic nitrogens is 3. The fourth-order valence-corrected chi connectivity index (χ4v) is 2.72. The van der Waals surface area contributed by atoms with Crippen molar-refractivity contribution in [2.24, 2.45) is 5.92 Å². The number of aryl methyl sites for hydroxylation is 1. The first-order chi connectivity index (χ1) is 12.9. The van der Waals surface area contributed by atoms with E-state index < -0.39 is 5.97 Å². The highest BCUT2D eigenvalue weighted by atomic mass is 16.4. The van der Waals surface area contributed by atoms with E-state index in [9.17, 15) is 9.59 Å². The van der Waals surface area contributed by atoms with Crippen LogP contribution in [0.2, 0.25) is 0 Å². The zero-order valence-corrected chi connectivity index (χ0v) is 16.2. The van der Waals surface area contributed by atoms with Gasteiger partial charge >= 0.3 is 5.97 Å².